The first-order chi connectivity index (χ1) is 10.8. The van der Waals surface area contributed by atoms with Crippen LogP contribution in [0.15, 0.2) is 47.2 Å². The van der Waals surface area contributed by atoms with Gasteiger partial charge in [0.25, 0.3) is 0 Å². The molecule has 2 N–H and O–H groups in total. The molecule has 3 aliphatic heterocycles. The smallest absolute Gasteiger partial charge is 0.148 e. The third-order valence-corrected chi connectivity index (χ3v) is 6.55. The van der Waals surface area contributed by atoms with Crippen LogP contribution in [0.4, 0.5) is 5.69 Å². The van der Waals surface area contributed by atoms with Crippen molar-refractivity contribution in [1.82, 2.24) is 0 Å². The molecule has 1 aromatic rings. The summed E-state index contributed by atoms with van der Waals surface area (Å²) in [6, 6.07) is 9.28. The zero-order valence-corrected chi connectivity index (χ0v) is 12.9. The Labute approximate surface area is 130 Å². The number of carbonyl (C=O) groups is 1. The molecule has 3 nitrogen and oxygen atoms in total. The molecule has 0 radical (unpaired) electrons. The summed E-state index contributed by atoms with van der Waals surface area (Å²) in [5.74, 6) is 0.333. The van der Waals surface area contributed by atoms with E-state index in [0.29, 0.717) is 12.0 Å². The van der Waals surface area contributed by atoms with Gasteiger partial charge in [0.05, 0.1) is 18.5 Å². The van der Waals surface area contributed by atoms with E-state index in [1.807, 2.05) is 0 Å². The fourth-order valence-electron chi connectivity index (χ4n) is 5.67. The summed E-state index contributed by atoms with van der Waals surface area (Å²) in [5, 5.41) is 3.64. The maximum atomic E-state index is 12.0. The van der Waals surface area contributed by atoms with Crippen LogP contribution < -0.4 is 10.2 Å². The third kappa shape index (κ3) is 1.25. The van der Waals surface area contributed by atoms with Crippen molar-refractivity contribution in [3.63, 3.8) is 0 Å². The van der Waals surface area contributed by atoms with Crippen LogP contribution in [-0.4, -0.2) is 25.4 Å². The maximum Gasteiger partial charge on any atom is 0.148 e. The van der Waals surface area contributed by atoms with Crippen molar-refractivity contribution in [3.8, 4) is 0 Å². The second kappa shape index (κ2) is 4.11. The molecular weight excluding hydrogens is 272 g/mol. The number of hydrogen-bond donors (Lipinski definition) is 2. The molecule has 2 saturated heterocycles. The predicted molar refractivity (Wildman–Crippen MR) is 85.8 cm³/mol. The molecule has 4 aliphatic rings. The van der Waals surface area contributed by atoms with Crippen LogP contribution in [0.2, 0.25) is 0 Å². The molecule has 0 saturated carbocycles. The van der Waals surface area contributed by atoms with Crippen molar-refractivity contribution in [1.29, 1.82) is 0 Å². The number of benzene rings is 1. The van der Waals surface area contributed by atoms with E-state index in [4.69, 9.17) is 0 Å². The van der Waals surface area contributed by atoms with Gasteiger partial charge >= 0.3 is 0 Å². The first-order valence-electron chi connectivity index (χ1n) is 8.35. The molecule has 2 fully saturated rings. The highest BCUT2D eigenvalue weighted by molar-refractivity contribution is 5.84. The van der Waals surface area contributed by atoms with Crippen LogP contribution in [0.5, 0.6) is 0 Å². The van der Waals surface area contributed by atoms with E-state index < -0.39 is 0 Å². The van der Waals surface area contributed by atoms with Crippen LogP contribution in [0.25, 0.3) is 0 Å². The van der Waals surface area contributed by atoms with E-state index in [2.05, 4.69) is 42.6 Å². The van der Waals surface area contributed by atoms with Crippen molar-refractivity contribution in [2.24, 2.45) is 5.92 Å². The van der Waals surface area contributed by atoms with Crippen LogP contribution in [0.3, 0.4) is 0 Å². The zero-order valence-electron chi connectivity index (χ0n) is 12.9. The van der Waals surface area contributed by atoms with Gasteiger partial charge in [-0.1, -0.05) is 24.3 Å². The number of fused-ring (bicyclic) bond motifs is 2. The van der Waals surface area contributed by atoms with Gasteiger partial charge in [-0.05, 0) is 24.1 Å². The van der Waals surface area contributed by atoms with Crippen LogP contribution >= 0.6 is 0 Å². The molecule has 0 aromatic heterocycles. The summed E-state index contributed by atoms with van der Waals surface area (Å²) in [4.78, 5) is 13.7. The minimum atomic E-state index is 0.0674. The number of carbonyl (C=O) groups excluding carboxylic acids is 1. The van der Waals surface area contributed by atoms with Gasteiger partial charge in [0.2, 0.25) is 0 Å². The number of piperidine rings is 1. The molecular formula is C19H21N2O+. The number of aldehydes is 1. The summed E-state index contributed by atoms with van der Waals surface area (Å²) in [7, 11) is 0. The molecule has 4 atom stereocenters. The van der Waals surface area contributed by atoms with E-state index in [1.54, 1.807) is 4.90 Å². The Bertz CT molecular complexity index is 748. The van der Waals surface area contributed by atoms with Crippen LogP contribution in [0.1, 0.15) is 25.3 Å². The molecule has 5 rings (SSSR count). The molecule has 1 unspecified atom stereocenters. The first kappa shape index (κ1) is 12.7. The lowest BCUT2D eigenvalue weighted by Crippen LogP contribution is -3.16. The maximum absolute atomic E-state index is 12.0. The number of hydrogen-bond acceptors (Lipinski definition) is 2. The zero-order chi connectivity index (χ0) is 14.9. The van der Waals surface area contributed by atoms with Crippen LogP contribution in [-0.2, 0) is 10.2 Å². The second-order valence-electron chi connectivity index (χ2n) is 7.13. The number of anilines is 1. The topological polar surface area (TPSA) is 33.5 Å². The largest absolute Gasteiger partial charge is 0.357 e. The fourth-order valence-corrected chi connectivity index (χ4v) is 5.67. The highest BCUT2D eigenvalue weighted by Gasteiger charge is 2.63. The van der Waals surface area contributed by atoms with Gasteiger partial charge in [-0.2, -0.15) is 0 Å². The van der Waals surface area contributed by atoms with Gasteiger partial charge in [0.15, 0.2) is 0 Å². The third-order valence-electron chi connectivity index (χ3n) is 6.55. The van der Waals surface area contributed by atoms with Gasteiger partial charge in [-0.3, -0.25) is 4.79 Å². The van der Waals surface area contributed by atoms with Gasteiger partial charge in [0, 0.05) is 35.7 Å². The standard InChI is InChI=1S/C19H20N2O/c1-2-12-10-21-8-7-19-15-5-3-4-6-16(15)20-18(19)14(11-22)13(12)9-17(19)21/h2-6,11,13,17,20H,7-10H2,1H3/p+1/b12-2-/t13-,17-,19+/m0/s1. The van der Waals surface area contributed by atoms with Crippen molar-refractivity contribution in [3.05, 3.63) is 52.7 Å². The number of quaternary nitrogens is 1. The Kier molecular flexibility index (Phi) is 2.36. The second-order valence-corrected chi connectivity index (χ2v) is 7.13. The summed E-state index contributed by atoms with van der Waals surface area (Å²) in [5.41, 5.74) is 6.40. The molecule has 2 bridgehead atoms. The minimum Gasteiger partial charge on any atom is -0.357 e. The number of rotatable bonds is 1. The molecule has 1 aromatic carbocycles. The lowest BCUT2D eigenvalue weighted by molar-refractivity contribution is -0.914. The lowest BCUT2D eigenvalue weighted by atomic mass is 9.62. The van der Waals surface area contributed by atoms with E-state index in [9.17, 15) is 4.79 Å². The molecule has 3 heterocycles. The Morgan fingerprint density at radius 2 is 2.23 bits per heavy atom. The van der Waals surface area contributed by atoms with Crippen LogP contribution in [0, 0.1) is 5.92 Å². The van der Waals surface area contributed by atoms with Crippen molar-refractivity contribution < 1.29 is 9.69 Å². The van der Waals surface area contributed by atoms with Gasteiger partial charge < -0.3 is 10.2 Å². The number of allylic oxidation sites excluding steroid dienone is 2. The molecule has 1 spiro atoms. The SMILES string of the molecule is C/C=C1/C[NH+]2CC[C@]34C(=C(C=O)[C@H]1C[C@H]23)Nc1ccccc14. The van der Waals surface area contributed by atoms with Crippen molar-refractivity contribution >= 4 is 12.0 Å². The lowest BCUT2D eigenvalue weighted by Gasteiger charge is -2.45. The van der Waals surface area contributed by atoms with E-state index in [1.165, 1.54) is 29.1 Å². The molecule has 0 amide bonds. The summed E-state index contributed by atoms with van der Waals surface area (Å²) in [6.07, 6.45) is 5.66. The fraction of sp³-hybridized carbons (Fsp3) is 0.421. The normalized spacial score (nSPS) is 39.5. The molecule has 1 aliphatic carbocycles. The van der Waals surface area contributed by atoms with Gasteiger partial charge in [-0.15, -0.1) is 0 Å². The molecule has 22 heavy (non-hydrogen) atoms. The number of nitrogens with one attached hydrogen (secondary N) is 2. The minimum absolute atomic E-state index is 0.0674. The number of para-hydroxylation sites is 1. The molecule has 3 heteroatoms. The van der Waals surface area contributed by atoms with Crippen molar-refractivity contribution in [2.45, 2.75) is 31.2 Å². The van der Waals surface area contributed by atoms with E-state index in [-0.39, 0.29) is 5.41 Å². The van der Waals surface area contributed by atoms with E-state index in [0.717, 1.165) is 31.2 Å². The monoisotopic (exact) mass is 293 g/mol. The van der Waals surface area contributed by atoms with Crippen molar-refractivity contribution in [2.75, 3.05) is 18.4 Å². The highest BCUT2D eigenvalue weighted by Crippen LogP contribution is 2.56. The van der Waals surface area contributed by atoms with Gasteiger partial charge in [0.1, 0.15) is 12.3 Å². The van der Waals surface area contributed by atoms with E-state index >= 15 is 0 Å². The average molecular weight is 293 g/mol. The summed E-state index contributed by atoms with van der Waals surface area (Å²) >= 11 is 0. The Balaban J connectivity index is 1.83. The predicted octanol–water partition coefficient (Wildman–Crippen LogP) is 1.44. The Hall–Kier alpha value is -1.87. The Morgan fingerprint density at radius 3 is 3.05 bits per heavy atom. The van der Waals surface area contributed by atoms with Gasteiger partial charge in [-0.25, -0.2) is 0 Å². The Morgan fingerprint density at radius 1 is 1.36 bits per heavy atom. The first-order valence-corrected chi connectivity index (χ1v) is 8.35. The molecule has 112 valence electrons. The quantitative estimate of drug-likeness (QED) is 0.607. The highest BCUT2D eigenvalue weighted by atomic mass is 16.1. The average Bonchev–Trinajstić information content (AvgIpc) is 3.11. The summed E-state index contributed by atoms with van der Waals surface area (Å²) < 4.78 is 0. The summed E-state index contributed by atoms with van der Waals surface area (Å²) in [6.45, 7) is 4.44.